The molecule has 2 aromatic heterocycles. The molecule has 8 nitrogen and oxygen atoms in total. The van der Waals surface area contributed by atoms with Gasteiger partial charge >= 0.3 is 5.97 Å². The molecule has 0 unspecified atom stereocenters. The summed E-state index contributed by atoms with van der Waals surface area (Å²) in [4.78, 5) is 38.1. The Hall–Kier alpha value is -3.26. The van der Waals surface area contributed by atoms with E-state index in [1.807, 2.05) is 25.3 Å². The zero-order valence-electron chi connectivity index (χ0n) is 18.3. The fourth-order valence-corrected chi connectivity index (χ4v) is 3.64. The Morgan fingerprint density at radius 1 is 1.10 bits per heavy atom. The van der Waals surface area contributed by atoms with Gasteiger partial charge < -0.3 is 14.0 Å². The molecule has 0 atom stereocenters. The maximum Gasteiger partial charge on any atom is 0.359 e. The number of esters is 1. The molecule has 0 saturated carbocycles. The number of aromatic nitrogens is 3. The molecule has 1 aromatic carbocycles. The van der Waals surface area contributed by atoms with E-state index in [0.29, 0.717) is 42.5 Å². The van der Waals surface area contributed by atoms with Crippen molar-refractivity contribution in [3.05, 3.63) is 63.3 Å². The first-order valence-corrected chi connectivity index (χ1v) is 10.2. The van der Waals surface area contributed by atoms with Gasteiger partial charge in [0.05, 0.1) is 12.0 Å². The van der Waals surface area contributed by atoms with Gasteiger partial charge in [0.15, 0.2) is 12.3 Å². The molecule has 0 N–H and O–H groups in total. The summed E-state index contributed by atoms with van der Waals surface area (Å²) >= 11 is 0. The van der Waals surface area contributed by atoms with Crippen molar-refractivity contribution in [1.82, 2.24) is 14.3 Å². The number of Topliss-reactive ketones (excluding diaryl/α,β-unsaturated/α-hetero) is 1. The molecule has 0 saturated heterocycles. The lowest BCUT2D eigenvalue weighted by atomic mass is 10.1. The number of methoxy groups -OCH3 is 1. The lowest BCUT2D eigenvalue weighted by molar-refractivity contribution is 0.0468. The minimum Gasteiger partial charge on any atom is -0.452 e. The predicted molar refractivity (Wildman–Crippen MR) is 117 cm³/mol. The molecule has 3 aromatic rings. The fraction of sp³-hybridized carbons (Fsp3) is 0.391. The highest BCUT2D eigenvalue weighted by Gasteiger charge is 2.21. The van der Waals surface area contributed by atoms with Crippen LogP contribution in [0.4, 0.5) is 0 Å². The number of nitrogens with zero attached hydrogens (tertiary/aromatic N) is 3. The quantitative estimate of drug-likeness (QED) is 0.387. The van der Waals surface area contributed by atoms with Gasteiger partial charge in [-0.2, -0.15) is 5.10 Å². The standard InChI is InChI=1S/C23H27N3O5/c1-5-10-26-22(28)18-9-7-6-8-17(18)21(24-26)23(29)31-14-20(27)19-13-15(2)25(16(19)3)11-12-30-4/h6-9,13H,5,10-12,14H2,1-4H3. The maximum absolute atomic E-state index is 12.8. The SMILES string of the molecule is CCCn1nc(C(=O)OCC(=O)c2cc(C)n(CCOC)c2C)c2ccccc2c1=O. The van der Waals surface area contributed by atoms with Crippen LogP contribution >= 0.6 is 0 Å². The Labute approximate surface area is 180 Å². The highest BCUT2D eigenvalue weighted by molar-refractivity contribution is 6.04. The van der Waals surface area contributed by atoms with E-state index in [9.17, 15) is 14.4 Å². The van der Waals surface area contributed by atoms with Crippen LogP contribution in [-0.4, -0.2) is 46.4 Å². The first-order valence-electron chi connectivity index (χ1n) is 10.2. The minimum absolute atomic E-state index is 0.0296. The van der Waals surface area contributed by atoms with E-state index >= 15 is 0 Å². The van der Waals surface area contributed by atoms with E-state index in [1.54, 1.807) is 37.4 Å². The summed E-state index contributed by atoms with van der Waals surface area (Å²) in [5.74, 6) is -1.03. The number of rotatable bonds is 9. The Morgan fingerprint density at radius 2 is 1.81 bits per heavy atom. The molecule has 8 heteroatoms. The number of aryl methyl sites for hydroxylation is 2. The molecule has 0 spiro atoms. The van der Waals surface area contributed by atoms with E-state index in [2.05, 4.69) is 5.10 Å². The highest BCUT2D eigenvalue weighted by atomic mass is 16.5. The molecular formula is C23H27N3O5. The topological polar surface area (TPSA) is 92.4 Å². The summed E-state index contributed by atoms with van der Waals surface area (Å²) in [7, 11) is 1.63. The molecule has 0 aliphatic heterocycles. The first-order chi connectivity index (χ1) is 14.9. The van der Waals surface area contributed by atoms with Gasteiger partial charge in [0.25, 0.3) is 5.56 Å². The molecule has 2 heterocycles. The maximum atomic E-state index is 12.8. The van der Waals surface area contributed by atoms with E-state index in [4.69, 9.17) is 9.47 Å². The summed E-state index contributed by atoms with van der Waals surface area (Å²) < 4.78 is 13.7. The number of carbonyl (C=O) groups excluding carboxylic acids is 2. The van der Waals surface area contributed by atoms with Crippen molar-refractivity contribution in [2.75, 3.05) is 20.3 Å². The average molecular weight is 425 g/mol. The summed E-state index contributed by atoms with van der Waals surface area (Å²) in [5, 5.41) is 5.02. The van der Waals surface area contributed by atoms with Crippen LogP contribution in [0, 0.1) is 13.8 Å². The van der Waals surface area contributed by atoms with Gasteiger partial charge in [-0.25, -0.2) is 9.48 Å². The average Bonchev–Trinajstić information content (AvgIpc) is 3.05. The number of hydrogen-bond acceptors (Lipinski definition) is 6. The van der Waals surface area contributed by atoms with Crippen LogP contribution in [0.1, 0.15) is 45.6 Å². The molecule has 0 amide bonds. The summed E-state index contributed by atoms with van der Waals surface area (Å²) in [6, 6.07) is 8.56. The van der Waals surface area contributed by atoms with E-state index in [-0.39, 0.29) is 17.0 Å². The Morgan fingerprint density at radius 3 is 2.48 bits per heavy atom. The van der Waals surface area contributed by atoms with E-state index < -0.39 is 12.6 Å². The zero-order valence-corrected chi connectivity index (χ0v) is 18.3. The third kappa shape index (κ3) is 4.59. The number of fused-ring (bicyclic) bond motifs is 1. The van der Waals surface area contributed by atoms with Crippen molar-refractivity contribution in [2.45, 2.75) is 40.3 Å². The van der Waals surface area contributed by atoms with Gasteiger partial charge in [-0.1, -0.05) is 25.1 Å². The molecule has 0 fully saturated rings. The predicted octanol–water partition coefficient (Wildman–Crippen LogP) is 2.91. The van der Waals surface area contributed by atoms with Gasteiger partial charge in [-0.3, -0.25) is 9.59 Å². The largest absolute Gasteiger partial charge is 0.452 e. The number of ketones is 1. The van der Waals surface area contributed by atoms with Gasteiger partial charge in [-0.15, -0.1) is 0 Å². The van der Waals surface area contributed by atoms with Crippen LogP contribution in [0.3, 0.4) is 0 Å². The number of hydrogen-bond donors (Lipinski definition) is 0. The first kappa shape index (κ1) is 22.4. The Bertz CT molecular complexity index is 1180. The van der Waals surface area contributed by atoms with Crippen molar-refractivity contribution in [3.8, 4) is 0 Å². The van der Waals surface area contributed by atoms with Crippen LogP contribution in [-0.2, 0) is 22.6 Å². The molecule has 0 radical (unpaired) electrons. The van der Waals surface area contributed by atoms with Gasteiger partial charge in [0.2, 0.25) is 5.78 Å². The minimum atomic E-state index is -0.734. The number of ether oxygens (including phenoxy) is 2. The van der Waals surface area contributed by atoms with Crippen LogP contribution in [0.25, 0.3) is 10.8 Å². The Balaban J connectivity index is 1.83. The van der Waals surface area contributed by atoms with E-state index in [1.165, 1.54) is 4.68 Å². The lowest BCUT2D eigenvalue weighted by Gasteiger charge is -2.10. The molecule has 0 bridgehead atoms. The summed E-state index contributed by atoms with van der Waals surface area (Å²) in [5.41, 5.74) is 2.02. The molecule has 164 valence electrons. The van der Waals surface area contributed by atoms with Gasteiger partial charge in [-0.05, 0) is 32.4 Å². The monoisotopic (exact) mass is 425 g/mol. The third-order valence-electron chi connectivity index (χ3n) is 5.22. The van der Waals surface area contributed by atoms with Crippen molar-refractivity contribution >= 4 is 22.5 Å². The second-order valence-electron chi connectivity index (χ2n) is 7.35. The second kappa shape index (κ2) is 9.70. The zero-order chi connectivity index (χ0) is 22.5. The lowest BCUT2D eigenvalue weighted by Crippen LogP contribution is -2.27. The molecule has 3 rings (SSSR count). The number of benzene rings is 1. The fourth-order valence-electron chi connectivity index (χ4n) is 3.64. The normalized spacial score (nSPS) is 11.1. The second-order valence-corrected chi connectivity index (χ2v) is 7.35. The van der Waals surface area contributed by atoms with Crippen LogP contribution < -0.4 is 5.56 Å². The van der Waals surface area contributed by atoms with Crippen LogP contribution in [0.5, 0.6) is 0 Å². The van der Waals surface area contributed by atoms with Crippen molar-refractivity contribution in [3.63, 3.8) is 0 Å². The molecule has 0 aliphatic rings. The van der Waals surface area contributed by atoms with Crippen molar-refractivity contribution in [1.29, 1.82) is 0 Å². The van der Waals surface area contributed by atoms with Gasteiger partial charge in [0.1, 0.15) is 0 Å². The van der Waals surface area contributed by atoms with Crippen LogP contribution in [0.2, 0.25) is 0 Å². The highest BCUT2D eigenvalue weighted by Crippen LogP contribution is 2.17. The van der Waals surface area contributed by atoms with Crippen molar-refractivity contribution < 1.29 is 19.1 Å². The van der Waals surface area contributed by atoms with Crippen LogP contribution in [0.15, 0.2) is 35.1 Å². The van der Waals surface area contributed by atoms with Crippen molar-refractivity contribution in [2.24, 2.45) is 0 Å². The number of carbonyl (C=O) groups is 2. The summed E-state index contributed by atoms with van der Waals surface area (Å²) in [6.45, 7) is 6.84. The van der Waals surface area contributed by atoms with E-state index in [0.717, 1.165) is 11.4 Å². The smallest absolute Gasteiger partial charge is 0.359 e. The molecular weight excluding hydrogens is 398 g/mol. The summed E-state index contributed by atoms with van der Waals surface area (Å²) in [6.07, 6.45) is 0.691. The third-order valence-corrected chi connectivity index (χ3v) is 5.22. The van der Waals surface area contributed by atoms with Gasteiger partial charge in [0, 0.05) is 42.5 Å². The Kier molecular flexibility index (Phi) is 7.02. The molecule has 31 heavy (non-hydrogen) atoms. The molecule has 0 aliphatic carbocycles.